The molecule has 1 aliphatic carbocycles. The van der Waals surface area contributed by atoms with Gasteiger partial charge in [-0.2, -0.15) is 10.1 Å². The molecule has 4 N–H and O–H groups in total. The van der Waals surface area contributed by atoms with Gasteiger partial charge in [0.1, 0.15) is 11.4 Å². The van der Waals surface area contributed by atoms with Crippen LogP contribution in [-0.2, 0) is 4.74 Å². The van der Waals surface area contributed by atoms with E-state index in [9.17, 15) is 9.59 Å². The van der Waals surface area contributed by atoms with Crippen molar-refractivity contribution in [1.29, 1.82) is 0 Å². The van der Waals surface area contributed by atoms with E-state index in [0.29, 0.717) is 36.6 Å². The van der Waals surface area contributed by atoms with Crippen LogP contribution in [0, 0.1) is 0 Å². The molecule has 2 amide bonds. The highest BCUT2D eigenvalue weighted by Gasteiger charge is 2.29. The minimum Gasteiger partial charge on any atom is -0.444 e. The molecule has 2 fully saturated rings. The zero-order valence-corrected chi connectivity index (χ0v) is 18.7. The van der Waals surface area contributed by atoms with Crippen molar-refractivity contribution >= 4 is 29.5 Å². The number of primary amides is 1. The van der Waals surface area contributed by atoms with Gasteiger partial charge in [-0.05, 0) is 46.5 Å². The lowest BCUT2D eigenvalue weighted by molar-refractivity contribution is 0.0167. The summed E-state index contributed by atoms with van der Waals surface area (Å²) < 4.78 is 7.35. The Kier molecular flexibility index (Phi) is 5.90. The molecule has 4 rings (SSSR count). The number of nitrogens with two attached hydrogens (primary N) is 1. The number of hydrogen-bond acceptors (Lipinski definition) is 8. The number of ether oxygens (including phenoxy) is 1. The summed E-state index contributed by atoms with van der Waals surface area (Å²) in [5.74, 6) is 0.210. The number of carbonyl (C=O) groups is 2. The maximum Gasteiger partial charge on any atom is 0.410 e. The zero-order chi connectivity index (χ0) is 22.9. The van der Waals surface area contributed by atoms with E-state index in [4.69, 9.17) is 10.5 Å². The van der Waals surface area contributed by atoms with Gasteiger partial charge in [-0.15, -0.1) is 0 Å². The number of likely N-dealkylation sites (tertiary alicyclic amines) is 1. The molecule has 2 aromatic rings. The maximum atomic E-state index is 12.4. The Balaban J connectivity index is 1.42. The number of anilines is 3. The first-order valence-electron chi connectivity index (χ1n) is 10.9. The van der Waals surface area contributed by atoms with Gasteiger partial charge in [0.05, 0.1) is 23.5 Å². The average molecular weight is 443 g/mol. The molecule has 172 valence electrons. The van der Waals surface area contributed by atoms with E-state index in [1.165, 1.54) is 6.20 Å². The Morgan fingerprint density at radius 1 is 1.22 bits per heavy atom. The van der Waals surface area contributed by atoms with Gasteiger partial charge in [0.15, 0.2) is 0 Å². The van der Waals surface area contributed by atoms with Crippen LogP contribution >= 0.6 is 0 Å². The lowest BCUT2D eigenvalue weighted by Gasteiger charge is -2.34. The number of hydrogen-bond donors (Lipinski definition) is 3. The first-order valence-corrected chi connectivity index (χ1v) is 10.9. The van der Waals surface area contributed by atoms with Gasteiger partial charge < -0.3 is 26.0 Å². The number of rotatable bonds is 6. The second kappa shape index (κ2) is 8.64. The molecule has 1 atom stereocenters. The predicted octanol–water partition coefficient (Wildman–Crippen LogP) is 2.66. The van der Waals surface area contributed by atoms with Gasteiger partial charge >= 0.3 is 6.09 Å². The molecule has 2 aromatic heterocycles. The molecule has 3 heterocycles. The van der Waals surface area contributed by atoms with Crippen molar-refractivity contribution < 1.29 is 14.3 Å². The van der Waals surface area contributed by atoms with Gasteiger partial charge in [-0.25, -0.2) is 9.78 Å². The first-order chi connectivity index (χ1) is 15.2. The third-order valence-electron chi connectivity index (χ3n) is 5.25. The molecule has 1 saturated heterocycles. The van der Waals surface area contributed by atoms with Crippen LogP contribution in [0.5, 0.6) is 0 Å². The van der Waals surface area contributed by atoms with E-state index in [1.807, 2.05) is 31.6 Å². The number of amides is 2. The molecule has 11 heteroatoms. The van der Waals surface area contributed by atoms with E-state index < -0.39 is 11.5 Å². The Hall–Kier alpha value is -3.37. The van der Waals surface area contributed by atoms with Crippen LogP contribution in [0.25, 0.3) is 0 Å². The highest BCUT2D eigenvalue weighted by atomic mass is 16.6. The predicted molar refractivity (Wildman–Crippen MR) is 119 cm³/mol. The summed E-state index contributed by atoms with van der Waals surface area (Å²) >= 11 is 0. The molecule has 2 aliphatic rings. The minimum absolute atomic E-state index is 0.0528. The van der Waals surface area contributed by atoms with E-state index in [1.54, 1.807) is 11.1 Å². The number of carbonyl (C=O) groups excluding carboxylic acids is 2. The number of nitrogens with one attached hydrogen (secondary N) is 2. The van der Waals surface area contributed by atoms with Crippen molar-refractivity contribution in [3.8, 4) is 0 Å². The van der Waals surface area contributed by atoms with Crippen LogP contribution in [0.1, 0.15) is 62.9 Å². The van der Waals surface area contributed by atoms with E-state index in [0.717, 1.165) is 25.7 Å². The summed E-state index contributed by atoms with van der Waals surface area (Å²) in [6, 6.07) is 0.370. The summed E-state index contributed by atoms with van der Waals surface area (Å²) in [5.41, 5.74) is 5.89. The third kappa shape index (κ3) is 5.45. The Bertz CT molecular complexity index is 995. The molecule has 0 bridgehead atoms. The summed E-state index contributed by atoms with van der Waals surface area (Å²) in [4.78, 5) is 34.4. The van der Waals surface area contributed by atoms with Gasteiger partial charge in [0, 0.05) is 31.5 Å². The zero-order valence-electron chi connectivity index (χ0n) is 18.7. The second-order valence-electron chi connectivity index (χ2n) is 9.30. The molecule has 1 aliphatic heterocycles. The molecular weight excluding hydrogens is 412 g/mol. The fourth-order valence-corrected chi connectivity index (χ4v) is 3.55. The number of nitrogens with zero attached hydrogens (tertiary/aromatic N) is 5. The molecule has 0 spiro atoms. The van der Waals surface area contributed by atoms with Crippen LogP contribution in [-0.4, -0.2) is 61.4 Å². The first kappa shape index (κ1) is 21.8. The summed E-state index contributed by atoms with van der Waals surface area (Å²) in [7, 11) is 0. The molecule has 32 heavy (non-hydrogen) atoms. The monoisotopic (exact) mass is 442 g/mol. The highest BCUT2D eigenvalue weighted by molar-refractivity contribution is 5.97. The minimum atomic E-state index is -0.570. The maximum absolute atomic E-state index is 12.4. The lowest BCUT2D eigenvalue weighted by atomic mass is 10.1. The van der Waals surface area contributed by atoms with Crippen molar-refractivity contribution in [3.63, 3.8) is 0 Å². The quantitative estimate of drug-likeness (QED) is 0.620. The van der Waals surface area contributed by atoms with Crippen molar-refractivity contribution in [2.75, 3.05) is 23.7 Å². The number of aromatic nitrogens is 4. The SMILES string of the molecule is CC(C)(C)OC(=O)N1CCC[C@H](n2cc(Nc3ncc(C(N)=O)c(NC4CC4)n3)cn2)C1. The normalized spacial score (nSPS) is 18.8. The standard InChI is InChI=1S/C21H30N8O3/c1-21(2,3)32-20(31)28-8-4-5-15(12-28)29-11-14(9-24-29)26-19-23-10-16(17(22)30)18(27-19)25-13-6-7-13/h9-11,13,15H,4-8,12H2,1-3H3,(H2,22,30)(H2,23,25,26,27)/t15-/m0/s1. The van der Waals surface area contributed by atoms with Crippen molar-refractivity contribution in [2.24, 2.45) is 5.73 Å². The fourth-order valence-electron chi connectivity index (χ4n) is 3.55. The molecule has 0 unspecified atom stereocenters. The smallest absolute Gasteiger partial charge is 0.410 e. The van der Waals surface area contributed by atoms with Crippen LogP contribution in [0.4, 0.5) is 22.2 Å². The largest absolute Gasteiger partial charge is 0.444 e. The van der Waals surface area contributed by atoms with Crippen LogP contribution in [0.3, 0.4) is 0 Å². The molecule has 11 nitrogen and oxygen atoms in total. The average Bonchev–Trinajstić information content (AvgIpc) is 3.41. The Labute approximate surface area is 186 Å². The van der Waals surface area contributed by atoms with Crippen LogP contribution in [0.15, 0.2) is 18.6 Å². The van der Waals surface area contributed by atoms with Gasteiger partial charge in [-0.1, -0.05) is 0 Å². The van der Waals surface area contributed by atoms with Crippen molar-refractivity contribution in [3.05, 3.63) is 24.2 Å². The Morgan fingerprint density at radius 2 is 2.00 bits per heavy atom. The molecule has 0 radical (unpaired) electrons. The van der Waals surface area contributed by atoms with Crippen LogP contribution < -0.4 is 16.4 Å². The van der Waals surface area contributed by atoms with Gasteiger partial charge in [-0.3, -0.25) is 9.48 Å². The number of piperidine rings is 1. The van der Waals surface area contributed by atoms with Gasteiger partial charge in [0.25, 0.3) is 5.91 Å². The fraction of sp³-hybridized carbons (Fsp3) is 0.571. The van der Waals surface area contributed by atoms with Crippen molar-refractivity contribution in [2.45, 2.75) is 64.1 Å². The lowest BCUT2D eigenvalue weighted by Crippen LogP contribution is -2.43. The van der Waals surface area contributed by atoms with Crippen LogP contribution in [0.2, 0.25) is 0 Å². The second-order valence-corrected chi connectivity index (χ2v) is 9.30. The van der Waals surface area contributed by atoms with Gasteiger partial charge in [0.2, 0.25) is 5.95 Å². The molecular formula is C21H30N8O3. The Morgan fingerprint density at radius 3 is 2.69 bits per heavy atom. The van der Waals surface area contributed by atoms with E-state index >= 15 is 0 Å². The third-order valence-corrected chi connectivity index (χ3v) is 5.25. The summed E-state index contributed by atoms with van der Waals surface area (Å²) in [5, 5.41) is 10.8. The highest BCUT2D eigenvalue weighted by Crippen LogP contribution is 2.27. The molecule has 1 saturated carbocycles. The summed E-state index contributed by atoms with van der Waals surface area (Å²) in [6.07, 6.45) is 8.55. The molecule has 0 aromatic carbocycles. The van der Waals surface area contributed by atoms with Crippen molar-refractivity contribution in [1.82, 2.24) is 24.6 Å². The van der Waals surface area contributed by atoms with E-state index in [2.05, 4.69) is 25.7 Å². The topological polar surface area (TPSA) is 140 Å². The van der Waals surface area contributed by atoms with E-state index in [-0.39, 0.29) is 17.7 Å². The summed E-state index contributed by atoms with van der Waals surface area (Å²) in [6.45, 7) is 6.80.